The average Bonchev–Trinajstić information content (AvgIpc) is 3.09. The minimum atomic E-state index is 0.201. The van der Waals surface area contributed by atoms with E-state index in [2.05, 4.69) is 25.7 Å². The van der Waals surface area contributed by atoms with Crippen molar-refractivity contribution in [3.05, 3.63) is 0 Å². The maximum atomic E-state index is 12.7. The number of carbonyl (C=O) groups is 1. The van der Waals surface area contributed by atoms with Gasteiger partial charge >= 0.3 is 0 Å². The fourth-order valence-corrected chi connectivity index (χ4v) is 3.13. The second kappa shape index (κ2) is 5.60. The van der Waals surface area contributed by atoms with Gasteiger partial charge in [-0.05, 0) is 44.9 Å². The van der Waals surface area contributed by atoms with Crippen LogP contribution in [-0.4, -0.2) is 28.9 Å². The summed E-state index contributed by atoms with van der Waals surface area (Å²) in [5.41, 5.74) is 5.95. The van der Waals surface area contributed by atoms with E-state index in [9.17, 15) is 4.79 Å². The van der Waals surface area contributed by atoms with E-state index in [4.69, 9.17) is 5.73 Å². The van der Waals surface area contributed by atoms with Crippen LogP contribution in [0.25, 0.3) is 0 Å². The SMILES string of the molecule is CCC(C)C(C)N(C(=O)C1CCC(N)C1)C1CC1. The van der Waals surface area contributed by atoms with E-state index in [1.807, 2.05) is 0 Å². The Bertz CT molecular complexity index is 301. The van der Waals surface area contributed by atoms with E-state index in [0.29, 0.717) is 23.9 Å². The summed E-state index contributed by atoms with van der Waals surface area (Å²) in [6, 6.07) is 1.16. The second-order valence-corrected chi connectivity index (χ2v) is 6.37. The molecule has 2 aliphatic rings. The lowest BCUT2D eigenvalue weighted by Crippen LogP contribution is -2.46. The predicted octanol–water partition coefficient (Wildman–Crippen LogP) is 2.54. The van der Waals surface area contributed by atoms with Crippen molar-refractivity contribution < 1.29 is 4.79 Å². The maximum absolute atomic E-state index is 12.7. The van der Waals surface area contributed by atoms with Crippen LogP contribution in [0, 0.1) is 11.8 Å². The van der Waals surface area contributed by atoms with Gasteiger partial charge in [-0.25, -0.2) is 0 Å². The molecule has 3 heteroatoms. The topological polar surface area (TPSA) is 46.3 Å². The van der Waals surface area contributed by atoms with Crippen LogP contribution < -0.4 is 5.73 Å². The van der Waals surface area contributed by atoms with Gasteiger partial charge in [0.1, 0.15) is 0 Å². The van der Waals surface area contributed by atoms with Gasteiger partial charge in [-0.1, -0.05) is 20.3 Å². The molecule has 0 bridgehead atoms. The first-order valence-electron chi connectivity index (χ1n) is 7.62. The molecule has 0 aliphatic heterocycles. The highest BCUT2D eigenvalue weighted by atomic mass is 16.2. The van der Waals surface area contributed by atoms with Crippen LogP contribution in [-0.2, 0) is 4.79 Å². The summed E-state index contributed by atoms with van der Waals surface area (Å²) in [5.74, 6) is 1.18. The lowest BCUT2D eigenvalue weighted by molar-refractivity contribution is -0.139. The average molecular weight is 252 g/mol. The third kappa shape index (κ3) is 2.87. The first-order chi connectivity index (χ1) is 8.54. The van der Waals surface area contributed by atoms with Gasteiger partial charge in [0.25, 0.3) is 0 Å². The fraction of sp³-hybridized carbons (Fsp3) is 0.933. The molecule has 2 N–H and O–H groups in total. The largest absolute Gasteiger partial charge is 0.337 e. The third-order valence-corrected chi connectivity index (χ3v) is 4.92. The predicted molar refractivity (Wildman–Crippen MR) is 74.1 cm³/mol. The molecule has 2 aliphatic carbocycles. The molecule has 0 radical (unpaired) electrons. The molecule has 0 spiro atoms. The number of hydrogen-bond donors (Lipinski definition) is 1. The summed E-state index contributed by atoms with van der Waals surface area (Å²) < 4.78 is 0. The maximum Gasteiger partial charge on any atom is 0.226 e. The summed E-state index contributed by atoms with van der Waals surface area (Å²) in [6.07, 6.45) is 6.46. The zero-order chi connectivity index (χ0) is 13.3. The number of hydrogen-bond acceptors (Lipinski definition) is 2. The molecule has 2 rings (SSSR count). The van der Waals surface area contributed by atoms with Crippen molar-refractivity contribution in [3.8, 4) is 0 Å². The molecule has 0 aromatic heterocycles. The Morgan fingerprint density at radius 2 is 1.94 bits per heavy atom. The van der Waals surface area contributed by atoms with Gasteiger partial charge in [0, 0.05) is 24.0 Å². The van der Waals surface area contributed by atoms with Crippen molar-refractivity contribution in [3.63, 3.8) is 0 Å². The smallest absolute Gasteiger partial charge is 0.226 e. The Kier molecular flexibility index (Phi) is 4.31. The highest BCUT2D eigenvalue weighted by Gasteiger charge is 2.41. The molecule has 2 saturated carbocycles. The van der Waals surface area contributed by atoms with Gasteiger partial charge in [0.2, 0.25) is 5.91 Å². The molecule has 2 fully saturated rings. The van der Waals surface area contributed by atoms with Crippen molar-refractivity contribution in [1.82, 2.24) is 4.90 Å². The number of nitrogens with zero attached hydrogens (tertiary/aromatic N) is 1. The third-order valence-electron chi connectivity index (χ3n) is 4.92. The Balaban J connectivity index is 2.03. The summed E-state index contributed by atoms with van der Waals surface area (Å²) in [4.78, 5) is 14.9. The molecule has 4 unspecified atom stereocenters. The summed E-state index contributed by atoms with van der Waals surface area (Å²) in [7, 11) is 0. The van der Waals surface area contributed by atoms with Gasteiger partial charge in [0.05, 0.1) is 0 Å². The van der Waals surface area contributed by atoms with Crippen molar-refractivity contribution >= 4 is 5.91 Å². The molecule has 1 amide bonds. The molecule has 18 heavy (non-hydrogen) atoms. The molecule has 104 valence electrons. The molecule has 3 nitrogen and oxygen atoms in total. The first-order valence-corrected chi connectivity index (χ1v) is 7.62. The highest BCUT2D eigenvalue weighted by Crippen LogP contribution is 2.35. The van der Waals surface area contributed by atoms with Crippen LogP contribution >= 0.6 is 0 Å². The summed E-state index contributed by atoms with van der Waals surface area (Å²) in [5, 5.41) is 0. The summed E-state index contributed by atoms with van der Waals surface area (Å²) in [6.45, 7) is 6.69. The first kappa shape index (κ1) is 13.9. The van der Waals surface area contributed by atoms with Gasteiger partial charge in [-0.2, -0.15) is 0 Å². The monoisotopic (exact) mass is 252 g/mol. The molecular weight excluding hydrogens is 224 g/mol. The van der Waals surface area contributed by atoms with Crippen molar-refractivity contribution in [1.29, 1.82) is 0 Å². The Hall–Kier alpha value is -0.570. The van der Waals surface area contributed by atoms with Crippen LogP contribution in [0.5, 0.6) is 0 Å². The molecule has 0 aromatic carbocycles. The van der Waals surface area contributed by atoms with E-state index in [-0.39, 0.29) is 12.0 Å². The van der Waals surface area contributed by atoms with E-state index >= 15 is 0 Å². The Morgan fingerprint density at radius 3 is 2.39 bits per heavy atom. The fourth-order valence-electron chi connectivity index (χ4n) is 3.13. The quantitative estimate of drug-likeness (QED) is 0.817. The second-order valence-electron chi connectivity index (χ2n) is 6.37. The van der Waals surface area contributed by atoms with Gasteiger partial charge in [-0.3, -0.25) is 4.79 Å². The van der Waals surface area contributed by atoms with E-state index in [0.717, 1.165) is 25.7 Å². The van der Waals surface area contributed by atoms with Crippen LogP contribution in [0.2, 0.25) is 0 Å². The van der Waals surface area contributed by atoms with Gasteiger partial charge < -0.3 is 10.6 Å². The van der Waals surface area contributed by atoms with Crippen LogP contribution in [0.4, 0.5) is 0 Å². The molecule has 0 heterocycles. The van der Waals surface area contributed by atoms with Crippen molar-refractivity contribution in [2.45, 2.75) is 77.4 Å². The van der Waals surface area contributed by atoms with Crippen LogP contribution in [0.3, 0.4) is 0 Å². The number of rotatable bonds is 5. The van der Waals surface area contributed by atoms with E-state index in [1.54, 1.807) is 0 Å². The van der Waals surface area contributed by atoms with E-state index in [1.165, 1.54) is 12.8 Å². The number of nitrogens with two attached hydrogens (primary N) is 1. The molecule has 0 aromatic rings. The minimum Gasteiger partial charge on any atom is -0.337 e. The van der Waals surface area contributed by atoms with E-state index < -0.39 is 0 Å². The van der Waals surface area contributed by atoms with Gasteiger partial charge in [-0.15, -0.1) is 0 Å². The highest BCUT2D eigenvalue weighted by molar-refractivity contribution is 5.80. The number of carbonyl (C=O) groups excluding carboxylic acids is 1. The molecule has 4 atom stereocenters. The zero-order valence-corrected chi connectivity index (χ0v) is 12.1. The molecular formula is C15H28N2O. The van der Waals surface area contributed by atoms with Crippen molar-refractivity contribution in [2.24, 2.45) is 17.6 Å². The lowest BCUT2D eigenvalue weighted by Gasteiger charge is -2.35. The number of amides is 1. The van der Waals surface area contributed by atoms with Crippen LogP contribution in [0.1, 0.15) is 59.3 Å². The zero-order valence-electron chi connectivity index (χ0n) is 12.1. The van der Waals surface area contributed by atoms with Crippen molar-refractivity contribution in [2.75, 3.05) is 0 Å². The minimum absolute atomic E-state index is 0.201. The standard InChI is InChI=1S/C15H28N2O/c1-4-10(2)11(3)17(14-7-8-14)15(18)12-5-6-13(16)9-12/h10-14H,4-9,16H2,1-3H3. The normalized spacial score (nSPS) is 31.1. The van der Waals surface area contributed by atoms with Crippen LogP contribution in [0.15, 0.2) is 0 Å². The Morgan fingerprint density at radius 1 is 1.28 bits per heavy atom. The Labute approximate surface area is 111 Å². The summed E-state index contributed by atoms with van der Waals surface area (Å²) >= 11 is 0. The van der Waals surface area contributed by atoms with Gasteiger partial charge in [0.15, 0.2) is 0 Å². The lowest BCUT2D eigenvalue weighted by atomic mass is 9.96. The molecule has 0 saturated heterocycles.